The van der Waals surface area contributed by atoms with E-state index in [1.54, 1.807) is 0 Å². The molecule has 0 aromatic rings. The Hall–Kier alpha value is -0.160. The van der Waals surface area contributed by atoms with Gasteiger partial charge in [0.25, 0.3) is 0 Å². The number of hydrogen-bond donors (Lipinski definition) is 2. The Morgan fingerprint density at radius 2 is 2.31 bits per heavy atom. The van der Waals surface area contributed by atoms with Crippen LogP contribution in [0.25, 0.3) is 0 Å². The Bertz CT molecular complexity index is 201. The van der Waals surface area contributed by atoms with Gasteiger partial charge in [0, 0.05) is 31.8 Å². The van der Waals surface area contributed by atoms with Crippen molar-refractivity contribution in [1.29, 1.82) is 0 Å². The molecule has 96 valence electrons. The number of nitrogens with one attached hydrogen (secondary N) is 1. The lowest BCUT2D eigenvalue weighted by molar-refractivity contribution is -0.0221. The zero-order valence-corrected chi connectivity index (χ0v) is 10.8. The molecule has 0 saturated carbocycles. The summed E-state index contributed by atoms with van der Waals surface area (Å²) in [5, 5.41) is 12.6. The van der Waals surface area contributed by atoms with E-state index in [0.29, 0.717) is 0 Å². The molecule has 0 spiro atoms. The molecule has 2 unspecified atom stereocenters. The van der Waals surface area contributed by atoms with E-state index in [1.165, 1.54) is 0 Å². The molecule has 1 fully saturated rings. The molecule has 4 nitrogen and oxygen atoms in total. The van der Waals surface area contributed by atoms with Crippen LogP contribution in [0.15, 0.2) is 0 Å². The van der Waals surface area contributed by atoms with Crippen molar-refractivity contribution in [2.75, 3.05) is 39.9 Å². The summed E-state index contributed by atoms with van der Waals surface area (Å²) >= 11 is 0. The van der Waals surface area contributed by atoms with Crippen molar-refractivity contribution in [3.63, 3.8) is 0 Å². The predicted molar refractivity (Wildman–Crippen MR) is 65.6 cm³/mol. The van der Waals surface area contributed by atoms with E-state index in [1.807, 2.05) is 0 Å². The van der Waals surface area contributed by atoms with Gasteiger partial charge >= 0.3 is 0 Å². The predicted octanol–water partition coefficient (Wildman–Crippen LogP) is 0.458. The number of ether oxygens (including phenoxy) is 1. The Labute approximate surface area is 99.0 Å². The molecular formula is C12H26N2O2. The summed E-state index contributed by atoms with van der Waals surface area (Å²) in [6.07, 6.45) is 2.10. The van der Waals surface area contributed by atoms with Gasteiger partial charge in [0.15, 0.2) is 0 Å². The normalized spacial score (nSPS) is 26.6. The molecule has 0 aromatic carbocycles. The van der Waals surface area contributed by atoms with E-state index in [9.17, 15) is 0 Å². The highest BCUT2D eigenvalue weighted by Gasteiger charge is 2.24. The van der Waals surface area contributed by atoms with Gasteiger partial charge in [-0.05, 0) is 26.8 Å². The van der Waals surface area contributed by atoms with Gasteiger partial charge in [0.2, 0.25) is 0 Å². The molecule has 0 radical (unpaired) electrons. The first-order valence-corrected chi connectivity index (χ1v) is 6.25. The Morgan fingerprint density at radius 1 is 1.56 bits per heavy atom. The first kappa shape index (κ1) is 13.9. The fourth-order valence-electron chi connectivity index (χ4n) is 1.99. The molecule has 1 rings (SSSR count). The van der Waals surface area contributed by atoms with Crippen LogP contribution in [-0.2, 0) is 4.74 Å². The van der Waals surface area contributed by atoms with Gasteiger partial charge < -0.3 is 20.1 Å². The third-order valence-electron chi connectivity index (χ3n) is 3.54. The lowest BCUT2D eigenvalue weighted by atomic mass is 9.94. The minimum Gasteiger partial charge on any atom is -0.396 e. The third-order valence-corrected chi connectivity index (χ3v) is 3.54. The van der Waals surface area contributed by atoms with E-state index in [0.717, 1.165) is 39.1 Å². The summed E-state index contributed by atoms with van der Waals surface area (Å²) in [7, 11) is 2.13. The minimum absolute atomic E-state index is 0.0358. The van der Waals surface area contributed by atoms with E-state index < -0.39 is 0 Å². The lowest BCUT2D eigenvalue weighted by Gasteiger charge is -2.35. The third kappa shape index (κ3) is 4.37. The molecule has 0 amide bonds. The van der Waals surface area contributed by atoms with E-state index in [4.69, 9.17) is 9.84 Å². The maximum absolute atomic E-state index is 9.03. The van der Waals surface area contributed by atoms with Gasteiger partial charge in [-0.15, -0.1) is 0 Å². The average Bonchev–Trinajstić information content (AvgIpc) is 2.27. The second-order valence-electron chi connectivity index (χ2n) is 5.02. The number of rotatable bonds is 6. The summed E-state index contributed by atoms with van der Waals surface area (Å²) in [5.74, 6) is 0. The molecule has 0 bridgehead atoms. The van der Waals surface area contributed by atoms with Crippen LogP contribution in [0.2, 0.25) is 0 Å². The highest BCUT2D eigenvalue weighted by Crippen LogP contribution is 2.14. The summed E-state index contributed by atoms with van der Waals surface area (Å²) < 4.78 is 5.70. The molecule has 1 heterocycles. The Balaban J connectivity index is 2.31. The van der Waals surface area contributed by atoms with Crippen molar-refractivity contribution in [3.05, 3.63) is 0 Å². The summed E-state index contributed by atoms with van der Waals surface area (Å²) in [5.41, 5.74) is 0.0358. The van der Waals surface area contributed by atoms with Gasteiger partial charge in [0.1, 0.15) is 0 Å². The van der Waals surface area contributed by atoms with E-state index in [-0.39, 0.29) is 18.2 Å². The summed E-state index contributed by atoms with van der Waals surface area (Å²) in [6, 6.07) is 0. The van der Waals surface area contributed by atoms with E-state index >= 15 is 0 Å². The number of hydrogen-bond acceptors (Lipinski definition) is 4. The molecular weight excluding hydrogens is 204 g/mol. The SMILES string of the molecule is CCC(C)(CCO)NCC1CN(C)CCO1. The van der Waals surface area contributed by atoms with Gasteiger partial charge in [-0.1, -0.05) is 6.92 Å². The maximum Gasteiger partial charge on any atom is 0.0826 e. The second-order valence-corrected chi connectivity index (χ2v) is 5.02. The molecule has 2 atom stereocenters. The number of aliphatic hydroxyl groups is 1. The Morgan fingerprint density at radius 3 is 2.88 bits per heavy atom. The van der Waals surface area contributed by atoms with Crippen LogP contribution in [-0.4, -0.2) is 61.5 Å². The Kier molecular flexibility index (Phi) is 5.69. The zero-order chi connectivity index (χ0) is 12.0. The lowest BCUT2D eigenvalue weighted by Crippen LogP contribution is -2.51. The molecule has 0 aliphatic carbocycles. The van der Waals surface area contributed by atoms with E-state index in [2.05, 4.69) is 31.1 Å². The largest absolute Gasteiger partial charge is 0.396 e. The van der Waals surface area contributed by atoms with Crippen molar-refractivity contribution in [1.82, 2.24) is 10.2 Å². The van der Waals surface area contributed by atoms with Gasteiger partial charge in [-0.2, -0.15) is 0 Å². The molecule has 16 heavy (non-hydrogen) atoms. The van der Waals surface area contributed by atoms with Crippen LogP contribution >= 0.6 is 0 Å². The fraction of sp³-hybridized carbons (Fsp3) is 1.00. The zero-order valence-electron chi connectivity index (χ0n) is 10.8. The number of nitrogens with zero attached hydrogens (tertiary/aromatic N) is 1. The van der Waals surface area contributed by atoms with Crippen molar-refractivity contribution < 1.29 is 9.84 Å². The van der Waals surface area contributed by atoms with Crippen LogP contribution in [0.1, 0.15) is 26.7 Å². The number of likely N-dealkylation sites (N-methyl/N-ethyl adjacent to an activating group) is 1. The van der Waals surface area contributed by atoms with Gasteiger partial charge in [-0.25, -0.2) is 0 Å². The smallest absolute Gasteiger partial charge is 0.0826 e. The topological polar surface area (TPSA) is 44.7 Å². The molecule has 1 saturated heterocycles. The van der Waals surface area contributed by atoms with Gasteiger partial charge in [0.05, 0.1) is 12.7 Å². The first-order chi connectivity index (χ1) is 7.59. The van der Waals surface area contributed by atoms with Crippen LogP contribution in [0, 0.1) is 0 Å². The molecule has 0 aromatic heterocycles. The first-order valence-electron chi connectivity index (χ1n) is 6.25. The van der Waals surface area contributed by atoms with Gasteiger partial charge in [-0.3, -0.25) is 0 Å². The van der Waals surface area contributed by atoms with Crippen molar-refractivity contribution in [2.45, 2.75) is 38.3 Å². The molecule has 4 heteroatoms. The molecule has 1 aliphatic rings. The van der Waals surface area contributed by atoms with Crippen molar-refractivity contribution in [2.24, 2.45) is 0 Å². The molecule has 1 aliphatic heterocycles. The standard InChI is InChI=1S/C12H26N2O2/c1-4-12(2,5-7-15)13-9-11-10-14(3)6-8-16-11/h11,13,15H,4-10H2,1-3H3. The van der Waals surface area contributed by atoms with Crippen LogP contribution in [0.4, 0.5) is 0 Å². The maximum atomic E-state index is 9.03. The van der Waals surface area contributed by atoms with Crippen LogP contribution < -0.4 is 5.32 Å². The van der Waals surface area contributed by atoms with Crippen molar-refractivity contribution in [3.8, 4) is 0 Å². The summed E-state index contributed by atoms with van der Waals surface area (Å²) in [4.78, 5) is 2.30. The van der Waals surface area contributed by atoms with Crippen LogP contribution in [0.3, 0.4) is 0 Å². The highest BCUT2D eigenvalue weighted by molar-refractivity contribution is 4.83. The fourth-order valence-corrected chi connectivity index (χ4v) is 1.99. The number of aliphatic hydroxyl groups excluding tert-OH is 1. The monoisotopic (exact) mass is 230 g/mol. The quantitative estimate of drug-likeness (QED) is 0.696. The van der Waals surface area contributed by atoms with Crippen molar-refractivity contribution >= 4 is 0 Å². The average molecular weight is 230 g/mol. The summed E-state index contributed by atoms with van der Waals surface area (Å²) in [6.45, 7) is 8.26. The molecule has 2 N–H and O–H groups in total. The second kappa shape index (κ2) is 6.55. The number of morpholine rings is 1. The highest BCUT2D eigenvalue weighted by atomic mass is 16.5. The van der Waals surface area contributed by atoms with Crippen LogP contribution in [0.5, 0.6) is 0 Å². The minimum atomic E-state index is 0.0358.